The number of anilines is 1. The maximum Gasteiger partial charge on any atom is 0.0725 e. The van der Waals surface area contributed by atoms with Gasteiger partial charge in [-0.25, -0.2) is 0 Å². The first-order chi connectivity index (χ1) is 10.7. The molecule has 0 fully saturated rings. The highest BCUT2D eigenvalue weighted by Crippen LogP contribution is 2.22. The van der Waals surface area contributed by atoms with Gasteiger partial charge in [-0.15, -0.1) is 6.42 Å². The molecule has 0 unspecified atom stereocenters. The minimum atomic E-state index is 0.633. The Hall–Kier alpha value is -2.09. The quantitative estimate of drug-likeness (QED) is 0.578. The minimum Gasteiger partial charge on any atom is -0.383 e. The fraction of sp³-hybridized carbons (Fsp3) is 0.389. The summed E-state index contributed by atoms with van der Waals surface area (Å²) >= 11 is 0. The highest BCUT2D eigenvalue weighted by atomic mass is 15.1. The number of benzene rings is 1. The molecule has 2 rings (SSSR count). The van der Waals surface area contributed by atoms with Gasteiger partial charge in [0.2, 0.25) is 0 Å². The van der Waals surface area contributed by atoms with Crippen molar-refractivity contribution in [3.05, 3.63) is 36.0 Å². The maximum absolute atomic E-state index is 5.20. The molecular formula is C18H24N4. The fourth-order valence-electron chi connectivity index (χ4n) is 2.34. The molecule has 116 valence electrons. The summed E-state index contributed by atoms with van der Waals surface area (Å²) in [6, 6.07) is 8.40. The number of rotatable bonds is 8. The Morgan fingerprint density at radius 1 is 1.23 bits per heavy atom. The summed E-state index contributed by atoms with van der Waals surface area (Å²) in [6.07, 6.45) is 7.06. The smallest absolute Gasteiger partial charge is 0.0725 e. The first kappa shape index (κ1) is 16.3. The molecule has 0 bridgehead atoms. The van der Waals surface area contributed by atoms with E-state index in [-0.39, 0.29) is 0 Å². The van der Waals surface area contributed by atoms with E-state index in [1.54, 1.807) is 0 Å². The molecular weight excluding hydrogens is 272 g/mol. The fourth-order valence-corrected chi connectivity index (χ4v) is 2.34. The lowest BCUT2D eigenvalue weighted by atomic mass is 10.1. The predicted molar refractivity (Wildman–Crippen MR) is 94.2 cm³/mol. The van der Waals surface area contributed by atoms with Crippen LogP contribution in [0.15, 0.2) is 30.5 Å². The van der Waals surface area contributed by atoms with Crippen LogP contribution in [-0.2, 0) is 0 Å². The highest BCUT2D eigenvalue weighted by molar-refractivity contribution is 5.91. The van der Waals surface area contributed by atoms with Crippen molar-refractivity contribution in [2.75, 3.05) is 45.1 Å². The second-order valence-electron chi connectivity index (χ2n) is 5.49. The van der Waals surface area contributed by atoms with E-state index in [9.17, 15) is 0 Å². The second kappa shape index (κ2) is 8.38. The molecule has 0 aliphatic carbocycles. The number of pyridine rings is 1. The number of nitrogens with one attached hydrogen (secondary N) is 2. The van der Waals surface area contributed by atoms with E-state index < -0.39 is 0 Å². The normalized spacial score (nSPS) is 10.8. The summed E-state index contributed by atoms with van der Waals surface area (Å²) in [6.45, 7) is 6.50. The average molecular weight is 296 g/mol. The van der Waals surface area contributed by atoms with Gasteiger partial charge in [0.15, 0.2) is 0 Å². The number of hydrogen-bond acceptors (Lipinski definition) is 4. The Bertz CT molecular complexity index is 645. The molecule has 22 heavy (non-hydrogen) atoms. The van der Waals surface area contributed by atoms with Crippen molar-refractivity contribution in [1.82, 2.24) is 15.2 Å². The van der Waals surface area contributed by atoms with Crippen LogP contribution in [0.1, 0.15) is 5.56 Å². The Morgan fingerprint density at radius 3 is 2.86 bits per heavy atom. The molecule has 1 heterocycles. The molecule has 2 aromatic rings. The standard InChI is InChI=1S/C18H24N4/c1-4-8-19-10-12-22(3)13-11-21-17-7-9-20-18-14-15(2)5-6-16(17)18/h1,5-7,9,14,19H,8,10-13H2,2-3H3,(H,20,21). The van der Waals surface area contributed by atoms with E-state index in [1.165, 1.54) is 10.9 Å². The second-order valence-corrected chi connectivity index (χ2v) is 5.49. The van der Waals surface area contributed by atoms with Gasteiger partial charge in [0.05, 0.1) is 12.1 Å². The first-order valence-electron chi connectivity index (χ1n) is 7.62. The maximum atomic E-state index is 5.20. The molecule has 0 aliphatic heterocycles. The number of likely N-dealkylation sites (N-methyl/N-ethyl adjacent to an activating group) is 1. The summed E-state index contributed by atoms with van der Waals surface area (Å²) in [7, 11) is 2.12. The molecule has 0 atom stereocenters. The van der Waals surface area contributed by atoms with Gasteiger partial charge < -0.3 is 15.5 Å². The Balaban J connectivity index is 1.83. The Labute approximate surface area is 132 Å². The van der Waals surface area contributed by atoms with E-state index in [0.717, 1.165) is 37.4 Å². The van der Waals surface area contributed by atoms with Crippen LogP contribution in [0.4, 0.5) is 5.69 Å². The van der Waals surface area contributed by atoms with E-state index in [0.29, 0.717) is 6.54 Å². The van der Waals surface area contributed by atoms with Crippen molar-refractivity contribution in [3.63, 3.8) is 0 Å². The van der Waals surface area contributed by atoms with Crippen LogP contribution in [0.25, 0.3) is 10.9 Å². The molecule has 0 radical (unpaired) electrons. The molecule has 4 heteroatoms. The summed E-state index contributed by atoms with van der Waals surface area (Å²) in [5.74, 6) is 2.58. The van der Waals surface area contributed by atoms with Crippen molar-refractivity contribution in [1.29, 1.82) is 0 Å². The van der Waals surface area contributed by atoms with Crippen LogP contribution in [-0.4, -0.2) is 49.7 Å². The summed E-state index contributed by atoms with van der Waals surface area (Å²) in [5, 5.41) is 7.87. The van der Waals surface area contributed by atoms with Gasteiger partial charge in [-0.2, -0.15) is 0 Å². The number of hydrogen-bond donors (Lipinski definition) is 2. The van der Waals surface area contributed by atoms with Gasteiger partial charge in [-0.05, 0) is 31.7 Å². The third-order valence-corrected chi connectivity index (χ3v) is 3.60. The summed E-state index contributed by atoms with van der Waals surface area (Å²) in [5.41, 5.74) is 3.41. The molecule has 1 aromatic heterocycles. The molecule has 0 aliphatic rings. The number of aryl methyl sites for hydroxylation is 1. The number of nitrogens with zero attached hydrogens (tertiary/aromatic N) is 2. The minimum absolute atomic E-state index is 0.633. The zero-order valence-corrected chi connectivity index (χ0v) is 13.4. The lowest BCUT2D eigenvalue weighted by Crippen LogP contribution is -2.32. The average Bonchev–Trinajstić information content (AvgIpc) is 2.51. The topological polar surface area (TPSA) is 40.2 Å². The zero-order chi connectivity index (χ0) is 15.8. The van der Waals surface area contributed by atoms with E-state index in [1.807, 2.05) is 12.3 Å². The van der Waals surface area contributed by atoms with E-state index >= 15 is 0 Å². The highest BCUT2D eigenvalue weighted by Gasteiger charge is 2.02. The number of aromatic nitrogens is 1. The lowest BCUT2D eigenvalue weighted by Gasteiger charge is -2.17. The molecule has 0 saturated heterocycles. The third-order valence-electron chi connectivity index (χ3n) is 3.60. The molecule has 2 N–H and O–H groups in total. The van der Waals surface area contributed by atoms with Gasteiger partial charge in [0.1, 0.15) is 0 Å². The molecule has 0 spiro atoms. The van der Waals surface area contributed by atoms with Gasteiger partial charge in [-0.1, -0.05) is 18.1 Å². The van der Waals surface area contributed by atoms with E-state index in [2.05, 4.69) is 58.6 Å². The van der Waals surface area contributed by atoms with Gasteiger partial charge in [0, 0.05) is 43.4 Å². The largest absolute Gasteiger partial charge is 0.383 e. The first-order valence-corrected chi connectivity index (χ1v) is 7.62. The monoisotopic (exact) mass is 296 g/mol. The third kappa shape index (κ3) is 4.73. The summed E-state index contributed by atoms with van der Waals surface area (Å²) < 4.78 is 0. The van der Waals surface area contributed by atoms with Crippen molar-refractivity contribution in [2.45, 2.75) is 6.92 Å². The van der Waals surface area contributed by atoms with Crippen LogP contribution in [0.3, 0.4) is 0 Å². The van der Waals surface area contributed by atoms with Gasteiger partial charge in [0.25, 0.3) is 0 Å². The van der Waals surface area contributed by atoms with Crippen LogP contribution in [0.2, 0.25) is 0 Å². The van der Waals surface area contributed by atoms with Crippen LogP contribution >= 0.6 is 0 Å². The molecule has 0 amide bonds. The molecule has 4 nitrogen and oxygen atoms in total. The Kier molecular flexibility index (Phi) is 6.20. The molecule has 0 saturated carbocycles. The lowest BCUT2D eigenvalue weighted by molar-refractivity contribution is 0.346. The summed E-state index contributed by atoms with van der Waals surface area (Å²) in [4.78, 5) is 6.71. The van der Waals surface area contributed by atoms with Crippen molar-refractivity contribution in [2.24, 2.45) is 0 Å². The van der Waals surface area contributed by atoms with Crippen molar-refractivity contribution < 1.29 is 0 Å². The predicted octanol–water partition coefficient (Wildman–Crippen LogP) is 2.11. The van der Waals surface area contributed by atoms with Gasteiger partial charge >= 0.3 is 0 Å². The number of terminal acetylenes is 1. The zero-order valence-electron chi connectivity index (χ0n) is 13.4. The van der Waals surface area contributed by atoms with Crippen molar-refractivity contribution in [3.8, 4) is 12.3 Å². The van der Waals surface area contributed by atoms with Crippen LogP contribution < -0.4 is 10.6 Å². The Morgan fingerprint density at radius 2 is 2.05 bits per heavy atom. The number of fused-ring (bicyclic) bond motifs is 1. The van der Waals surface area contributed by atoms with Gasteiger partial charge in [-0.3, -0.25) is 4.98 Å². The van der Waals surface area contributed by atoms with E-state index in [4.69, 9.17) is 6.42 Å². The molecule has 1 aromatic carbocycles. The van der Waals surface area contributed by atoms with Crippen LogP contribution in [0, 0.1) is 19.3 Å². The SMILES string of the molecule is C#CCNCCN(C)CCNc1ccnc2cc(C)ccc12. The van der Waals surface area contributed by atoms with Crippen LogP contribution in [0.5, 0.6) is 0 Å². The van der Waals surface area contributed by atoms with Crippen molar-refractivity contribution >= 4 is 16.6 Å².